The summed E-state index contributed by atoms with van der Waals surface area (Å²) in [6.45, 7) is 7.57. The van der Waals surface area contributed by atoms with Crippen molar-refractivity contribution in [3.63, 3.8) is 0 Å². The lowest BCUT2D eigenvalue weighted by Gasteiger charge is -2.29. The van der Waals surface area contributed by atoms with Crippen LogP contribution in [0.15, 0.2) is 4.52 Å². The van der Waals surface area contributed by atoms with Gasteiger partial charge in [0.2, 0.25) is 5.89 Å². The van der Waals surface area contributed by atoms with Crippen molar-refractivity contribution >= 4 is 0 Å². The van der Waals surface area contributed by atoms with Gasteiger partial charge in [-0.25, -0.2) is 0 Å². The average Bonchev–Trinajstić information content (AvgIpc) is 2.78. The van der Waals surface area contributed by atoms with E-state index in [4.69, 9.17) is 9.26 Å². The van der Waals surface area contributed by atoms with E-state index in [1.807, 2.05) is 6.92 Å². The van der Waals surface area contributed by atoms with E-state index in [2.05, 4.69) is 22.0 Å². The number of hydrogen-bond acceptors (Lipinski definition) is 5. The molecule has 1 aliphatic rings. The standard InChI is InChI=1S/C10H17N3O2/c1-3-9-11-10(15-12-9)8(2)13-4-6-14-7-5-13/h8H,3-7H2,1-2H3/t8-/m1/s1. The largest absolute Gasteiger partial charge is 0.379 e. The summed E-state index contributed by atoms with van der Waals surface area (Å²) >= 11 is 0. The third-order valence-corrected chi connectivity index (χ3v) is 2.75. The molecule has 1 aromatic heterocycles. The first-order valence-corrected chi connectivity index (χ1v) is 5.45. The van der Waals surface area contributed by atoms with Crippen molar-refractivity contribution in [2.24, 2.45) is 0 Å². The monoisotopic (exact) mass is 211 g/mol. The van der Waals surface area contributed by atoms with Crippen LogP contribution in [0.4, 0.5) is 0 Å². The third-order valence-electron chi connectivity index (χ3n) is 2.75. The van der Waals surface area contributed by atoms with Gasteiger partial charge in [-0.05, 0) is 6.92 Å². The Morgan fingerprint density at radius 3 is 2.73 bits per heavy atom. The van der Waals surface area contributed by atoms with Crippen LogP contribution < -0.4 is 0 Å². The normalized spacial score (nSPS) is 20.4. The van der Waals surface area contributed by atoms with Crippen LogP contribution >= 0.6 is 0 Å². The number of morpholine rings is 1. The highest BCUT2D eigenvalue weighted by Crippen LogP contribution is 2.19. The van der Waals surface area contributed by atoms with Gasteiger partial charge >= 0.3 is 0 Å². The molecule has 1 fully saturated rings. The Kier molecular flexibility index (Phi) is 3.33. The van der Waals surface area contributed by atoms with Crippen LogP contribution in [0.25, 0.3) is 0 Å². The molecule has 0 bridgehead atoms. The summed E-state index contributed by atoms with van der Waals surface area (Å²) in [5, 5.41) is 3.91. The minimum absolute atomic E-state index is 0.196. The molecule has 15 heavy (non-hydrogen) atoms. The van der Waals surface area contributed by atoms with Crippen LogP contribution in [-0.4, -0.2) is 41.3 Å². The second kappa shape index (κ2) is 4.72. The van der Waals surface area contributed by atoms with Gasteiger partial charge in [0.1, 0.15) is 0 Å². The molecular weight excluding hydrogens is 194 g/mol. The maximum Gasteiger partial charge on any atom is 0.243 e. The maximum absolute atomic E-state index is 5.30. The zero-order valence-electron chi connectivity index (χ0n) is 9.27. The molecule has 5 nitrogen and oxygen atoms in total. The number of rotatable bonds is 3. The average molecular weight is 211 g/mol. The Hall–Kier alpha value is -0.940. The zero-order chi connectivity index (χ0) is 10.7. The molecule has 0 amide bonds. The third kappa shape index (κ3) is 2.35. The Morgan fingerprint density at radius 1 is 1.40 bits per heavy atom. The fraction of sp³-hybridized carbons (Fsp3) is 0.800. The molecule has 1 atom stereocenters. The van der Waals surface area contributed by atoms with Gasteiger partial charge in [-0.3, -0.25) is 4.90 Å². The molecule has 1 saturated heterocycles. The summed E-state index contributed by atoms with van der Waals surface area (Å²) in [7, 11) is 0. The van der Waals surface area contributed by atoms with Crippen LogP contribution in [0.3, 0.4) is 0 Å². The highest BCUT2D eigenvalue weighted by Gasteiger charge is 2.22. The first kappa shape index (κ1) is 10.6. The first-order chi connectivity index (χ1) is 7.31. The van der Waals surface area contributed by atoms with Crippen molar-refractivity contribution in [3.8, 4) is 0 Å². The minimum Gasteiger partial charge on any atom is -0.379 e. The SMILES string of the molecule is CCc1noc([C@@H](C)N2CCOCC2)n1. The molecule has 0 unspecified atom stereocenters. The Bertz CT molecular complexity index is 307. The van der Waals surface area contributed by atoms with Gasteiger partial charge in [0.25, 0.3) is 0 Å². The molecule has 0 saturated carbocycles. The van der Waals surface area contributed by atoms with Gasteiger partial charge in [0.15, 0.2) is 5.82 Å². The van der Waals surface area contributed by atoms with Gasteiger partial charge in [0, 0.05) is 19.5 Å². The van der Waals surface area contributed by atoms with Gasteiger partial charge in [-0.2, -0.15) is 4.98 Å². The predicted octanol–water partition coefficient (Wildman–Crippen LogP) is 1.03. The maximum atomic E-state index is 5.30. The summed E-state index contributed by atoms with van der Waals surface area (Å²) < 4.78 is 10.5. The van der Waals surface area contributed by atoms with E-state index in [9.17, 15) is 0 Å². The lowest BCUT2D eigenvalue weighted by molar-refractivity contribution is 0.0134. The van der Waals surface area contributed by atoms with Crippen molar-refractivity contribution in [2.75, 3.05) is 26.3 Å². The zero-order valence-corrected chi connectivity index (χ0v) is 9.27. The fourth-order valence-electron chi connectivity index (χ4n) is 1.70. The number of ether oxygens (including phenoxy) is 1. The lowest BCUT2D eigenvalue weighted by atomic mass is 10.2. The molecule has 0 aromatic carbocycles. The quantitative estimate of drug-likeness (QED) is 0.747. The van der Waals surface area contributed by atoms with Crippen molar-refractivity contribution in [2.45, 2.75) is 26.3 Å². The van der Waals surface area contributed by atoms with E-state index in [1.165, 1.54) is 0 Å². The topological polar surface area (TPSA) is 51.4 Å². The molecule has 0 spiro atoms. The van der Waals surface area contributed by atoms with E-state index < -0.39 is 0 Å². The van der Waals surface area contributed by atoms with Gasteiger partial charge in [0.05, 0.1) is 19.3 Å². The van der Waals surface area contributed by atoms with Gasteiger partial charge in [-0.15, -0.1) is 0 Å². The van der Waals surface area contributed by atoms with E-state index in [1.54, 1.807) is 0 Å². The van der Waals surface area contributed by atoms with E-state index in [-0.39, 0.29) is 6.04 Å². The molecule has 1 aromatic rings. The van der Waals surface area contributed by atoms with Crippen LogP contribution in [0.2, 0.25) is 0 Å². The van der Waals surface area contributed by atoms with Crippen LogP contribution in [0, 0.1) is 0 Å². The van der Waals surface area contributed by atoms with Gasteiger partial charge in [-0.1, -0.05) is 12.1 Å². The smallest absolute Gasteiger partial charge is 0.243 e. The summed E-state index contributed by atoms with van der Waals surface area (Å²) in [6.07, 6.45) is 0.819. The van der Waals surface area contributed by atoms with Crippen molar-refractivity contribution in [1.29, 1.82) is 0 Å². The molecule has 0 radical (unpaired) electrons. The Balaban J connectivity index is 2.02. The summed E-state index contributed by atoms with van der Waals surface area (Å²) in [6, 6.07) is 0.196. The molecule has 2 heterocycles. The number of aryl methyl sites for hydroxylation is 1. The fourth-order valence-corrected chi connectivity index (χ4v) is 1.70. The Labute approximate surface area is 89.4 Å². The molecule has 84 valence electrons. The number of hydrogen-bond donors (Lipinski definition) is 0. The van der Waals surface area contributed by atoms with Crippen molar-refractivity contribution in [1.82, 2.24) is 15.0 Å². The highest BCUT2D eigenvalue weighted by molar-refractivity contribution is 4.92. The van der Waals surface area contributed by atoms with Crippen molar-refractivity contribution < 1.29 is 9.26 Å². The Morgan fingerprint density at radius 2 is 2.13 bits per heavy atom. The first-order valence-electron chi connectivity index (χ1n) is 5.45. The highest BCUT2D eigenvalue weighted by atomic mass is 16.5. The summed E-state index contributed by atoms with van der Waals surface area (Å²) in [4.78, 5) is 6.65. The molecule has 0 aliphatic carbocycles. The van der Waals surface area contributed by atoms with Crippen molar-refractivity contribution in [3.05, 3.63) is 11.7 Å². The van der Waals surface area contributed by atoms with E-state index >= 15 is 0 Å². The van der Waals surface area contributed by atoms with Gasteiger partial charge < -0.3 is 9.26 Å². The number of aromatic nitrogens is 2. The van der Waals surface area contributed by atoms with Crippen LogP contribution in [0.5, 0.6) is 0 Å². The second-order valence-corrected chi connectivity index (χ2v) is 3.73. The second-order valence-electron chi connectivity index (χ2n) is 3.73. The molecule has 5 heteroatoms. The summed E-state index contributed by atoms with van der Waals surface area (Å²) in [5.74, 6) is 1.50. The number of nitrogens with zero attached hydrogens (tertiary/aromatic N) is 3. The minimum atomic E-state index is 0.196. The van der Waals surface area contributed by atoms with E-state index in [0.29, 0.717) is 5.89 Å². The van der Waals surface area contributed by atoms with Crippen LogP contribution in [-0.2, 0) is 11.2 Å². The molecule has 2 rings (SSSR count). The lowest BCUT2D eigenvalue weighted by Crippen LogP contribution is -2.38. The predicted molar refractivity (Wildman–Crippen MR) is 54.5 cm³/mol. The molecule has 1 aliphatic heterocycles. The van der Waals surface area contributed by atoms with E-state index in [0.717, 1.165) is 38.5 Å². The molecular formula is C10H17N3O2. The summed E-state index contributed by atoms with van der Waals surface area (Å²) in [5.41, 5.74) is 0. The van der Waals surface area contributed by atoms with Crippen LogP contribution in [0.1, 0.15) is 31.6 Å². The molecule has 0 N–H and O–H groups in total.